The number of hydrogen-bond donors (Lipinski definition) is 0. The quantitative estimate of drug-likeness (QED) is 0.797. The Morgan fingerprint density at radius 3 is 2.57 bits per heavy atom. The number of piperazine rings is 1. The third-order valence-corrected chi connectivity index (χ3v) is 4.48. The molecule has 0 bridgehead atoms. The van der Waals surface area contributed by atoms with Gasteiger partial charge in [-0.3, -0.25) is 9.80 Å². The van der Waals surface area contributed by atoms with Gasteiger partial charge in [-0.2, -0.15) is 8.78 Å². The molecule has 1 heterocycles. The summed E-state index contributed by atoms with van der Waals surface area (Å²) in [6, 6.07) is 7.78. The lowest BCUT2D eigenvalue weighted by Gasteiger charge is -2.35. The van der Waals surface area contributed by atoms with E-state index >= 15 is 0 Å². The molecule has 1 aromatic rings. The van der Waals surface area contributed by atoms with Crippen molar-refractivity contribution in [2.45, 2.75) is 32.4 Å². The molecule has 1 aliphatic heterocycles. The highest BCUT2D eigenvalue weighted by atomic mass is 19.3. The molecule has 0 spiro atoms. The van der Waals surface area contributed by atoms with Crippen LogP contribution in [0.2, 0.25) is 0 Å². The molecule has 0 aromatic heterocycles. The van der Waals surface area contributed by atoms with Crippen molar-refractivity contribution in [3.05, 3.63) is 35.4 Å². The van der Waals surface area contributed by atoms with E-state index in [0.29, 0.717) is 5.56 Å². The molecule has 1 aliphatic carbocycles. The van der Waals surface area contributed by atoms with E-state index in [1.54, 1.807) is 12.1 Å². The van der Waals surface area contributed by atoms with E-state index < -0.39 is 6.61 Å². The predicted octanol–water partition coefficient (Wildman–Crippen LogP) is 3.47. The molecule has 1 aromatic carbocycles. The number of alkyl halides is 2. The molecule has 3 nitrogen and oxygen atoms in total. The minimum Gasteiger partial charge on any atom is -0.434 e. The highest BCUT2D eigenvalue weighted by molar-refractivity contribution is 5.59. The molecular formula is C18H24F2N2O. The Morgan fingerprint density at radius 1 is 1.22 bits per heavy atom. The second-order valence-electron chi connectivity index (χ2n) is 6.45. The predicted molar refractivity (Wildman–Crippen MR) is 87.8 cm³/mol. The Bertz CT molecular complexity index is 550. The molecule has 3 rings (SSSR count). The molecular weight excluding hydrogens is 298 g/mol. The Morgan fingerprint density at radius 2 is 1.91 bits per heavy atom. The SMILES string of the molecule is CC(=Cc1ccccc1OC(F)F)CN1CCN(C2CC2)CC1. The molecule has 0 radical (unpaired) electrons. The van der Waals surface area contributed by atoms with Crippen molar-refractivity contribution in [1.29, 1.82) is 0 Å². The number of halogens is 2. The highest BCUT2D eigenvalue weighted by Crippen LogP contribution is 2.28. The van der Waals surface area contributed by atoms with Crippen LogP contribution in [0.4, 0.5) is 8.78 Å². The molecule has 23 heavy (non-hydrogen) atoms. The summed E-state index contributed by atoms with van der Waals surface area (Å²) in [5.74, 6) is 0.236. The summed E-state index contributed by atoms with van der Waals surface area (Å²) >= 11 is 0. The van der Waals surface area contributed by atoms with Crippen LogP contribution in [0.3, 0.4) is 0 Å². The number of nitrogens with zero attached hydrogens (tertiary/aromatic N) is 2. The van der Waals surface area contributed by atoms with Gasteiger partial charge in [0.05, 0.1) is 0 Å². The first-order valence-electron chi connectivity index (χ1n) is 8.29. The summed E-state index contributed by atoms with van der Waals surface area (Å²) in [6.07, 6.45) is 4.67. The van der Waals surface area contributed by atoms with Crippen molar-refractivity contribution < 1.29 is 13.5 Å². The second-order valence-corrected chi connectivity index (χ2v) is 6.45. The minimum absolute atomic E-state index is 0.236. The molecule has 126 valence electrons. The first kappa shape index (κ1) is 16.4. The van der Waals surface area contributed by atoms with Crippen LogP contribution >= 0.6 is 0 Å². The highest BCUT2D eigenvalue weighted by Gasteiger charge is 2.30. The van der Waals surface area contributed by atoms with Gasteiger partial charge in [-0.15, -0.1) is 0 Å². The van der Waals surface area contributed by atoms with Crippen LogP contribution in [0.5, 0.6) is 5.75 Å². The first-order valence-corrected chi connectivity index (χ1v) is 8.29. The van der Waals surface area contributed by atoms with Gasteiger partial charge in [0.1, 0.15) is 5.75 Å². The molecule has 5 heteroatoms. The molecule has 1 saturated carbocycles. The summed E-state index contributed by atoms with van der Waals surface area (Å²) in [4.78, 5) is 5.02. The minimum atomic E-state index is -2.79. The van der Waals surface area contributed by atoms with E-state index in [2.05, 4.69) is 14.5 Å². The maximum atomic E-state index is 12.5. The van der Waals surface area contributed by atoms with Crippen LogP contribution in [0.25, 0.3) is 6.08 Å². The fraction of sp³-hybridized carbons (Fsp3) is 0.556. The van der Waals surface area contributed by atoms with Crippen molar-refractivity contribution in [2.24, 2.45) is 0 Å². The molecule has 0 amide bonds. The molecule has 1 saturated heterocycles. The van der Waals surface area contributed by atoms with Crippen molar-refractivity contribution in [3.63, 3.8) is 0 Å². The number of ether oxygens (including phenoxy) is 1. The van der Waals surface area contributed by atoms with Gasteiger partial charge >= 0.3 is 6.61 Å². The number of rotatable bonds is 6. The van der Waals surface area contributed by atoms with Crippen molar-refractivity contribution in [2.75, 3.05) is 32.7 Å². The summed E-state index contributed by atoms with van der Waals surface area (Å²) in [5, 5.41) is 0. The van der Waals surface area contributed by atoms with Gasteiger partial charge in [0, 0.05) is 44.3 Å². The van der Waals surface area contributed by atoms with Crippen molar-refractivity contribution in [3.8, 4) is 5.75 Å². The van der Waals surface area contributed by atoms with Crippen LogP contribution in [0, 0.1) is 0 Å². The van der Waals surface area contributed by atoms with E-state index in [4.69, 9.17) is 0 Å². The molecule has 0 unspecified atom stereocenters. The molecule has 2 aliphatic rings. The fourth-order valence-electron chi connectivity index (χ4n) is 3.19. The third kappa shape index (κ3) is 4.75. The Hall–Kier alpha value is -1.46. The molecule has 0 N–H and O–H groups in total. The number of benzene rings is 1. The molecule has 0 atom stereocenters. The van der Waals surface area contributed by atoms with Crippen molar-refractivity contribution >= 4 is 6.08 Å². The molecule has 2 fully saturated rings. The Kier molecular flexibility index (Phi) is 5.28. The van der Waals surface area contributed by atoms with Crippen LogP contribution < -0.4 is 4.74 Å². The zero-order valence-electron chi connectivity index (χ0n) is 13.5. The maximum absolute atomic E-state index is 12.5. The lowest BCUT2D eigenvalue weighted by molar-refractivity contribution is -0.0499. The van der Waals surface area contributed by atoms with Gasteiger partial charge in [-0.1, -0.05) is 29.8 Å². The van der Waals surface area contributed by atoms with Crippen LogP contribution in [0.15, 0.2) is 29.8 Å². The monoisotopic (exact) mass is 322 g/mol. The zero-order chi connectivity index (χ0) is 16.2. The summed E-state index contributed by atoms with van der Waals surface area (Å²) in [7, 11) is 0. The second kappa shape index (κ2) is 7.41. The van der Waals surface area contributed by atoms with Crippen LogP contribution in [-0.4, -0.2) is 55.2 Å². The van der Waals surface area contributed by atoms with Crippen molar-refractivity contribution in [1.82, 2.24) is 9.80 Å². The first-order chi connectivity index (χ1) is 11.1. The standard InChI is InChI=1S/C18H24F2N2O/c1-14(12-15-4-2-3-5-17(15)23-18(19)20)13-21-8-10-22(11-9-21)16-6-7-16/h2-5,12,16,18H,6-11,13H2,1H3. The summed E-state index contributed by atoms with van der Waals surface area (Å²) in [6.45, 7) is 4.58. The average molecular weight is 322 g/mol. The van der Waals surface area contributed by atoms with Gasteiger partial charge in [0.15, 0.2) is 0 Å². The van der Waals surface area contributed by atoms with E-state index in [9.17, 15) is 8.78 Å². The zero-order valence-corrected chi connectivity index (χ0v) is 13.5. The fourth-order valence-corrected chi connectivity index (χ4v) is 3.19. The van der Waals surface area contributed by atoms with E-state index in [1.165, 1.54) is 12.8 Å². The Labute approximate surface area is 136 Å². The van der Waals surface area contributed by atoms with Crippen LogP contribution in [0.1, 0.15) is 25.3 Å². The van der Waals surface area contributed by atoms with Gasteiger partial charge in [-0.25, -0.2) is 0 Å². The largest absolute Gasteiger partial charge is 0.434 e. The van der Waals surface area contributed by atoms with Gasteiger partial charge in [0.25, 0.3) is 0 Å². The van der Waals surface area contributed by atoms with Gasteiger partial charge in [-0.05, 0) is 25.8 Å². The lowest BCUT2D eigenvalue weighted by Crippen LogP contribution is -2.47. The summed E-state index contributed by atoms with van der Waals surface area (Å²) < 4.78 is 29.5. The van der Waals surface area contributed by atoms with E-state index in [1.807, 2.05) is 25.1 Å². The van der Waals surface area contributed by atoms with Crippen LogP contribution in [-0.2, 0) is 0 Å². The smallest absolute Gasteiger partial charge is 0.387 e. The lowest BCUT2D eigenvalue weighted by atomic mass is 10.1. The number of para-hydroxylation sites is 1. The Balaban J connectivity index is 1.57. The van der Waals surface area contributed by atoms with E-state index in [-0.39, 0.29) is 5.75 Å². The summed E-state index contributed by atoms with van der Waals surface area (Å²) in [5.41, 5.74) is 1.87. The topological polar surface area (TPSA) is 15.7 Å². The van der Waals surface area contributed by atoms with Gasteiger partial charge < -0.3 is 4.74 Å². The average Bonchev–Trinajstić information content (AvgIpc) is 3.34. The maximum Gasteiger partial charge on any atom is 0.387 e. The van der Waals surface area contributed by atoms with Gasteiger partial charge in [0.2, 0.25) is 0 Å². The number of hydrogen-bond acceptors (Lipinski definition) is 3. The third-order valence-electron chi connectivity index (χ3n) is 4.48. The normalized spacial score (nSPS) is 21.0. The van der Waals surface area contributed by atoms with E-state index in [0.717, 1.165) is 44.3 Å².